The summed E-state index contributed by atoms with van der Waals surface area (Å²) in [6.45, 7) is 6.07. The zero-order chi connectivity index (χ0) is 19.4. The lowest BCUT2D eigenvalue weighted by Crippen LogP contribution is -2.17. The molecule has 0 fully saturated rings. The summed E-state index contributed by atoms with van der Waals surface area (Å²) in [6.07, 6.45) is 1.73. The minimum Gasteiger partial charge on any atom is -0.492 e. The Hall–Kier alpha value is -3.52. The van der Waals surface area contributed by atoms with Crippen molar-refractivity contribution >= 4 is 5.78 Å². The molecule has 2 N–H and O–H groups in total. The molecule has 0 saturated heterocycles. The highest BCUT2D eigenvalue weighted by atomic mass is 16.5. The lowest BCUT2D eigenvalue weighted by Gasteiger charge is -2.24. The van der Waals surface area contributed by atoms with Crippen LogP contribution >= 0.6 is 0 Å². The Balaban J connectivity index is 1.97. The van der Waals surface area contributed by atoms with E-state index in [1.54, 1.807) is 30.3 Å². The molecule has 27 heavy (non-hydrogen) atoms. The fraction of sp³-hybridized carbons (Fsp3) is 0.182. The quantitative estimate of drug-likeness (QED) is 0.813. The van der Waals surface area contributed by atoms with Gasteiger partial charge in [0.2, 0.25) is 0 Å². The third kappa shape index (κ3) is 3.85. The first-order chi connectivity index (χ1) is 13.0. The zero-order valence-corrected chi connectivity index (χ0v) is 15.1. The van der Waals surface area contributed by atoms with Crippen LogP contribution in [-0.2, 0) is 0 Å². The van der Waals surface area contributed by atoms with Crippen LogP contribution in [0, 0.1) is 11.3 Å². The van der Waals surface area contributed by atoms with E-state index in [1.165, 1.54) is 0 Å². The fourth-order valence-corrected chi connectivity index (χ4v) is 3.00. The van der Waals surface area contributed by atoms with Gasteiger partial charge in [-0.1, -0.05) is 24.8 Å². The zero-order valence-electron chi connectivity index (χ0n) is 15.1. The van der Waals surface area contributed by atoms with Gasteiger partial charge in [-0.2, -0.15) is 5.26 Å². The van der Waals surface area contributed by atoms with Gasteiger partial charge in [-0.15, -0.1) is 0 Å². The van der Waals surface area contributed by atoms with Crippen molar-refractivity contribution in [1.82, 2.24) is 0 Å². The number of benzene rings is 2. The van der Waals surface area contributed by atoms with Crippen LogP contribution in [0.1, 0.15) is 40.9 Å². The molecule has 1 unspecified atom stereocenters. The average molecular weight is 360 g/mol. The summed E-state index contributed by atoms with van der Waals surface area (Å²) in [7, 11) is 0. The summed E-state index contributed by atoms with van der Waals surface area (Å²) < 4.78 is 11.8. The van der Waals surface area contributed by atoms with Crippen LogP contribution in [0.3, 0.4) is 0 Å². The summed E-state index contributed by atoms with van der Waals surface area (Å²) in [4.78, 5) is 12.0. The van der Waals surface area contributed by atoms with Crippen LogP contribution in [0.15, 0.2) is 66.4 Å². The Morgan fingerprint density at radius 3 is 2.70 bits per heavy atom. The Kier molecular flexibility index (Phi) is 5.28. The van der Waals surface area contributed by atoms with E-state index in [-0.39, 0.29) is 5.78 Å². The second-order valence-electron chi connectivity index (χ2n) is 6.18. The second-order valence-corrected chi connectivity index (χ2v) is 6.18. The molecule has 1 aliphatic rings. The standard InChI is InChI=1S/C22H20N2O3/c1-3-18(14(2)24)22(16-6-4-15(13-23)5-7-16)27-17-8-9-19-20(25)10-11-26-21(19)12-17/h3-9,12,22H,2,10-11,24H2,1H3/b18-3+. The maximum Gasteiger partial charge on any atom is 0.169 e. The SMILES string of the molecule is C=C(N)/C(=C\C)C(Oc1ccc2c(c1)OCCC2=O)c1ccc(C#N)cc1. The average Bonchev–Trinajstić information content (AvgIpc) is 2.68. The van der Waals surface area contributed by atoms with Crippen LogP contribution in [0.5, 0.6) is 11.5 Å². The van der Waals surface area contributed by atoms with Crippen LogP contribution in [0.2, 0.25) is 0 Å². The van der Waals surface area contributed by atoms with Crippen molar-refractivity contribution in [3.8, 4) is 17.6 Å². The number of rotatable bonds is 5. The minimum atomic E-state index is -0.502. The third-order valence-corrected chi connectivity index (χ3v) is 4.40. The normalized spacial score (nSPS) is 14.5. The number of allylic oxidation sites excluding steroid dienone is 1. The van der Waals surface area contributed by atoms with Crippen molar-refractivity contribution in [2.24, 2.45) is 5.73 Å². The Morgan fingerprint density at radius 2 is 2.07 bits per heavy atom. The van der Waals surface area contributed by atoms with E-state index in [2.05, 4.69) is 12.6 Å². The molecule has 5 nitrogen and oxygen atoms in total. The van der Waals surface area contributed by atoms with E-state index in [1.807, 2.05) is 25.1 Å². The smallest absolute Gasteiger partial charge is 0.169 e. The molecule has 0 aromatic heterocycles. The number of hydrogen-bond donors (Lipinski definition) is 1. The number of Topliss-reactive ketones (excluding diaryl/α,β-unsaturated/α-hetero) is 1. The molecule has 1 atom stereocenters. The monoisotopic (exact) mass is 360 g/mol. The van der Waals surface area contributed by atoms with Crippen molar-refractivity contribution in [2.75, 3.05) is 6.61 Å². The van der Waals surface area contributed by atoms with Gasteiger partial charge >= 0.3 is 0 Å². The molecule has 1 heterocycles. The van der Waals surface area contributed by atoms with E-state index in [0.29, 0.717) is 41.4 Å². The lowest BCUT2D eigenvalue weighted by atomic mass is 9.98. The molecule has 0 amide bonds. The minimum absolute atomic E-state index is 0.0657. The highest BCUT2D eigenvalue weighted by molar-refractivity contribution is 5.99. The van der Waals surface area contributed by atoms with Gasteiger partial charge in [0.1, 0.15) is 11.5 Å². The molecule has 0 bridgehead atoms. The number of carbonyl (C=O) groups is 1. The van der Waals surface area contributed by atoms with Gasteiger partial charge in [0.25, 0.3) is 0 Å². The molecule has 2 aromatic rings. The molecule has 0 radical (unpaired) electrons. The Bertz CT molecular complexity index is 953. The van der Waals surface area contributed by atoms with Gasteiger partial charge in [0.05, 0.1) is 23.8 Å². The first-order valence-electron chi connectivity index (χ1n) is 8.61. The first-order valence-corrected chi connectivity index (χ1v) is 8.61. The molecule has 136 valence electrons. The largest absolute Gasteiger partial charge is 0.492 e. The number of nitrogens with two attached hydrogens (primary N) is 1. The van der Waals surface area contributed by atoms with Gasteiger partial charge in [0, 0.05) is 23.8 Å². The molecule has 3 rings (SSSR count). The number of hydrogen-bond acceptors (Lipinski definition) is 5. The predicted molar refractivity (Wildman–Crippen MR) is 102 cm³/mol. The summed E-state index contributed by atoms with van der Waals surface area (Å²) in [5, 5.41) is 9.01. The number of nitrogens with zero attached hydrogens (tertiary/aromatic N) is 1. The lowest BCUT2D eigenvalue weighted by molar-refractivity contribution is 0.0933. The van der Waals surface area contributed by atoms with Crippen molar-refractivity contribution in [3.05, 3.63) is 83.1 Å². The first kappa shape index (κ1) is 18.3. The van der Waals surface area contributed by atoms with Crippen LogP contribution < -0.4 is 15.2 Å². The molecule has 1 aliphatic heterocycles. The molecular weight excluding hydrogens is 340 g/mol. The molecule has 5 heteroatoms. The van der Waals surface area contributed by atoms with Gasteiger partial charge < -0.3 is 15.2 Å². The predicted octanol–water partition coefficient (Wildman–Crippen LogP) is 4.06. The number of fused-ring (bicyclic) bond motifs is 1. The molecular formula is C22H20N2O3. The molecule has 0 aliphatic carbocycles. The molecule has 2 aromatic carbocycles. The van der Waals surface area contributed by atoms with Crippen molar-refractivity contribution in [3.63, 3.8) is 0 Å². The Morgan fingerprint density at radius 1 is 1.33 bits per heavy atom. The van der Waals surface area contributed by atoms with Gasteiger partial charge in [-0.3, -0.25) is 4.79 Å². The van der Waals surface area contributed by atoms with Crippen LogP contribution in [0.25, 0.3) is 0 Å². The maximum atomic E-state index is 12.0. The Labute approximate surface area is 158 Å². The van der Waals surface area contributed by atoms with E-state index < -0.39 is 6.10 Å². The number of ketones is 1. The highest BCUT2D eigenvalue weighted by Gasteiger charge is 2.23. The van der Waals surface area contributed by atoms with Crippen LogP contribution in [-0.4, -0.2) is 12.4 Å². The van der Waals surface area contributed by atoms with E-state index >= 15 is 0 Å². The van der Waals surface area contributed by atoms with Gasteiger partial charge in [-0.05, 0) is 36.8 Å². The van der Waals surface area contributed by atoms with Crippen molar-refractivity contribution in [1.29, 1.82) is 5.26 Å². The molecule has 0 spiro atoms. The second kappa shape index (κ2) is 7.79. The third-order valence-electron chi connectivity index (χ3n) is 4.40. The summed E-state index contributed by atoms with van der Waals surface area (Å²) >= 11 is 0. The van der Waals surface area contributed by atoms with E-state index in [9.17, 15) is 4.79 Å². The van der Waals surface area contributed by atoms with Gasteiger partial charge in [0.15, 0.2) is 11.9 Å². The topological polar surface area (TPSA) is 85.3 Å². The molecule has 0 saturated carbocycles. The maximum absolute atomic E-state index is 12.0. The fourth-order valence-electron chi connectivity index (χ4n) is 3.00. The summed E-state index contributed by atoms with van der Waals surface area (Å²) in [5.41, 5.74) is 9.06. The summed E-state index contributed by atoms with van der Waals surface area (Å²) in [5.74, 6) is 1.14. The van der Waals surface area contributed by atoms with E-state index in [0.717, 1.165) is 11.1 Å². The number of carbonyl (C=O) groups excluding carboxylic acids is 1. The number of nitriles is 1. The van der Waals surface area contributed by atoms with Crippen molar-refractivity contribution < 1.29 is 14.3 Å². The van der Waals surface area contributed by atoms with Crippen molar-refractivity contribution in [2.45, 2.75) is 19.4 Å². The number of ether oxygens (including phenoxy) is 2. The summed E-state index contributed by atoms with van der Waals surface area (Å²) in [6, 6.07) is 14.4. The van der Waals surface area contributed by atoms with Crippen LogP contribution in [0.4, 0.5) is 0 Å². The highest BCUT2D eigenvalue weighted by Crippen LogP contribution is 2.34. The van der Waals surface area contributed by atoms with Gasteiger partial charge in [-0.25, -0.2) is 0 Å². The van der Waals surface area contributed by atoms with E-state index in [4.69, 9.17) is 20.5 Å².